The zero-order chi connectivity index (χ0) is 14.2. The lowest BCUT2D eigenvalue weighted by atomic mass is 9.85. The molecule has 0 spiro atoms. The molecule has 0 amide bonds. The smallest absolute Gasteiger partial charge is 0.0779 e. The topological polar surface area (TPSA) is 41.3 Å². The van der Waals surface area contributed by atoms with Crippen molar-refractivity contribution in [2.45, 2.75) is 63.5 Å². The maximum absolute atomic E-state index is 11.0. The van der Waals surface area contributed by atoms with Crippen LogP contribution in [0, 0.1) is 6.92 Å². The minimum Gasteiger partial charge on any atom is -0.391 e. The Hall–Kier alpha value is -0.870. The molecular formula is C16H27N3O. The second-order valence-electron chi connectivity index (χ2n) is 6.63. The molecule has 1 aromatic rings. The van der Waals surface area contributed by atoms with Gasteiger partial charge in [0.25, 0.3) is 0 Å². The number of aromatic nitrogens is 2. The molecule has 1 saturated heterocycles. The Kier molecular flexibility index (Phi) is 3.87. The lowest BCUT2D eigenvalue weighted by Crippen LogP contribution is -2.54. The summed E-state index contributed by atoms with van der Waals surface area (Å²) in [5, 5.41) is 15.4. The Balaban J connectivity index is 1.78. The van der Waals surface area contributed by atoms with Crippen LogP contribution in [-0.2, 0) is 13.5 Å². The maximum Gasteiger partial charge on any atom is 0.0779 e. The lowest BCUT2D eigenvalue weighted by Gasteiger charge is -2.42. The van der Waals surface area contributed by atoms with Gasteiger partial charge in [0.05, 0.1) is 11.8 Å². The molecule has 1 aromatic heterocycles. The number of nitrogens with zero attached hydrogens (tertiary/aromatic N) is 3. The van der Waals surface area contributed by atoms with Gasteiger partial charge < -0.3 is 5.11 Å². The molecule has 2 fully saturated rings. The van der Waals surface area contributed by atoms with E-state index < -0.39 is 0 Å². The Labute approximate surface area is 121 Å². The predicted molar refractivity (Wildman–Crippen MR) is 79.7 cm³/mol. The van der Waals surface area contributed by atoms with Gasteiger partial charge in [-0.2, -0.15) is 5.10 Å². The van der Waals surface area contributed by atoms with Crippen molar-refractivity contribution in [3.63, 3.8) is 0 Å². The highest BCUT2D eigenvalue weighted by atomic mass is 16.3. The molecule has 4 heteroatoms. The summed E-state index contributed by atoms with van der Waals surface area (Å²) in [6, 6.07) is 2.11. The van der Waals surface area contributed by atoms with Gasteiger partial charge in [-0.1, -0.05) is 12.8 Å². The van der Waals surface area contributed by atoms with E-state index in [4.69, 9.17) is 0 Å². The van der Waals surface area contributed by atoms with Gasteiger partial charge in [0, 0.05) is 24.7 Å². The maximum atomic E-state index is 11.0. The predicted octanol–water partition coefficient (Wildman–Crippen LogP) is 2.04. The van der Waals surface area contributed by atoms with E-state index in [1.54, 1.807) is 0 Å². The minimum absolute atomic E-state index is 0.0364. The molecule has 1 unspecified atom stereocenters. The molecule has 4 nitrogen and oxygen atoms in total. The van der Waals surface area contributed by atoms with E-state index >= 15 is 0 Å². The van der Waals surface area contributed by atoms with Gasteiger partial charge in [0.1, 0.15) is 0 Å². The summed E-state index contributed by atoms with van der Waals surface area (Å²) in [6.07, 6.45) is 7.89. The zero-order valence-electron chi connectivity index (χ0n) is 12.8. The normalized spacial score (nSPS) is 24.4. The fourth-order valence-corrected chi connectivity index (χ4v) is 4.25. The molecule has 1 N–H and O–H groups in total. The first-order chi connectivity index (χ1) is 9.62. The third-order valence-electron chi connectivity index (χ3n) is 5.33. The van der Waals surface area contributed by atoms with E-state index in [1.165, 1.54) is 38.8 Å². The van der Waals surface area contributed by atoms with Crippen LogP contribution in [-0.4, -0.2) is 44.5 Å². The third-order valence-corrected chi connectivity index (χ3v) is 5.33. The standard InChI is InChI=1S/C16H27N3O/c1-13-11-14(18(2)17-13)12-15(20)16(7-3-4-8-16)19-9-5-6-10-19/h11,15,20H,3-10,12H2,1-2H3. The van der Waals surface area contributed by atoms with E-state index in [9.17, 15) is 5.11 Å². The van der Waals surface area contributed by atoms with Crippen LogP contribution >= 0.6 is 0 Å². The summed E-state index contributed by atoms with van der Waals surface area (Å²) in [7, 11) is 1.98. The molecule has 1 aliphatic carbocycles. The van der Waals surface area contributed by atoms with E-state index in [1.807, 2.05) is 18.7 Å². The summed E-state index contributed by atoms with van der Waals surface area (Å²) < 4.78 is 1.92. The molecule has 20 heavy (non-hydrogen) atoms. The first kappa shape index (κ1) is 14.1. The molecule has 1 aliphatic heterocycles. The van der Waals surface area contributed by atoms with Gasteiger partial charge >= 0.3 is 0 Å². The SMILES string of the molecule is Cc1cc(CC(O)C2(N3CCCC3)CCCC2)n(C)n1. The molecule has 1 saturated carbocycles. The number of aliphatic hydroxyl groups excluding tert-OH is 1. The number of rotatable bonds is 4. The fourth-order valence-electron chi connectivity index (χ4n) is 4.25. The Bertz CT molecular complexity index is 456. The van der Waals surface area contributed by atoms with Crippen molar-refractivity contribution < 1.29 is 5.11 Å². The van der Waals surface area contributed by atoms with Crippen molar-refractivity contribution in [3.8, 4) is 0 Å². The largest absolute Gasteiger partial charge is 0.391 e. The van der Waals surface area contributed by atoms with Crippen LogP contribution in [0.5, 0.6) is 0 Å². The van der Waals surface area contributed by atoms with Crippen LogP contribution in [0.1, 0.15) is 49.9 Å². The first-order valence-corrected chi connectivity index (χ1v) is 8.04. The van der Waals surface area contributed by atoms with Gasteiger partial charge in [-0.3, -0.25) is 9.58 Å². The van der Waals surface area contributed by atoms with Gasteiger partial charge in [-0.05, 0) is 51.8 Å². The van der Waals surface area contributed by atoms with Crippen LogP contribution in [0.25, 0.3) is 0 Å². The molecule has 2 heterocycles. The molecule has 0 aromatic carbocycles. The van der Waals surface area contributed by atoms with Crippen LogP contribution in [0.2, 0.25) is 0 Å². The number of likely N-dealkylation sites (tertiary alicyclic amines) is 1. The summed E-state index contributed by atoms with van der Waals surface area (Å²) >= 11 is 0. The van der Waals surface area contributed by atoms with Gasteiger partial charge in [0.15, 0.2) is 0 Å². The van der Waals surface area contributed by atoms with Crippen LogP contribution in [0.15, 0.2) is 6.07 Å². The zero-order valence-corrected chi connectivity index (χ0v) is 12.8. The second-order valence-corrected chi connectivity index (χ2v) is 6.63. The average Bonchev–Trinajstić information content (AvgIpc) is 3.11. The summed E-state index contributed by atoms with van der Waals surface area (Å²) in [5.74, 6) is 0. The van der Waals surface area contributed by atoms with Crippen molar-refractivity contribution in [1.82, 2.24) is 14.7 Å². The number of aliphatic hydroxyl groups is 1. The van der Waals surface area contributed by atoms with E-state index in [0.29, 0.717) is 0 Å². The van der Waals surface area contributed by atoms with Crippen molar-refractivity contribution >= 4 is 0 Å². The van der Waals surface area contributed by atoms with Crippen LogP contribution < -0.4 is 0 Å². The average molecular weight is 277 g/mol. The second kappa shape index (κ2) is 5.49. The fraction of sp³-hybridized carbons (Fsp3) is 0.812. The van der Waals surface area contributed by atoms with Crippen molar-refractivity contribution in [1.29, 1.82) is 0 Å². The first-order valence-electron chi connectivity index (χ1n) is 8.04. The Morgan fingerprint density at radius 2 is 1.90 bits per heavy atom. The van der Waals surface area contributed by atoms with E-state index in [2.05, 4.69) is 16.1 Å². The lowest BCUT2D eigenvalue weighted by molar-refractivity contribution is -0.0180. The molecule has 3 rings (SSSR count). The molecule has 0 radical (unpaired) electrons. The Morgan fingerprint density at radius 1 is 1.25 bits per heavy atom. The summed E-state index contributed by atoms with van der Waals surface area (Å²) in [6.45, 7) is 4.35. The number of hydrogen-bond donors (Lipinski definition) is 1. The minimum atomic E-state index is -0.266. The third kappa shape index (κ3) is 2.40. The summed E-state index contributed by atoms with van der Waals surface area (Å²) in [4.78, 5) is 2.58. The Morgan fingerprint density at radius 3 is 2.45 bits per heavy atom. The quantitative estimate of drug-likeness (QED) is 0.915. The number of hydrogen-bond acceptors (Lipinski definition) is 3. The van der Waals surface area contributed by atoms with Crippen molar-refractivity contribution in [2.24, 2.45) is 7.05 Å². The van der Waals surface area contributed by atoms with E-state index in [-0.39, 0.29) is 11.6 Å². The van der Waals surface area contributed by atoms with Crippen molar-refractivity contribution in [2.75, 3.05) is 13.1 Å². The monoisotopic (exact) mass is 277 g/mol. The van der Waals surface area contributed by atoms with Gasteiger partial charge in [-0.25, -0.2) is 0 Å². The molecular weight excluding hydrogens is 250 g/mol. The molecule has 0 bridgehead atoms. The van der Waals surface area contributed by atoms with E-state index in [0.717, 1.165) is 30.7 Å². The molecule has 2 aliphatic rings. The van der Waals surface area contributed by atoms with Crippen molar-refractivity contribution in [3.05, 3.63) is 17.5 Å². The van der Waals surface area contributed by atoms with Crippen LogP contribution in [0.4, 0.5) is 0 Å². The molecule has 1 atom stereocenters. The highest BCUT2D eigenvalue weighted by Gasteiger charge is 2.46. The van der Waals surface area contributed by atoms with Gasteiger partial charge in [-0.15, -0.1) is 0 Å². The van der Waals surface area contributed by atoms with Gasteiger partial charge in [0.2, 0.25) is 0 Å². The number of aryl methyl sites for hydroxylation is 2. The molecule has 112 valence electrons. The van der Waals surface area contributed by atoms with Crippen LogP contribution in [0.3, 0.4) is 0 Å². The summed E-state index contributed by atoms with van der Waals surface area (Å²) in [5.41, 5.74) is 2.23. The highest BCUT2D eigenvalue weighted by Crippen LogP contribution is 2.40. The highest BCUT2D eigenvalue weighted by molar-refractivity contribution is 5.13.